The quantitative estimate of drug-likeness (QED) is 0.411. The number of aliphatic hydroxyl groups is 2. The summed E-state index contributed by atoms with van der Waals surface area (Å²) in [5.41, 5.74) is 6.07. The number of hydrogen-bond acceptors (Lipinski definition) is 7. The van der Waals surface area contributed by atoms with Gasteiger partial charge in [-0.3, -0.25) is 9.78 Å². The lowest BCUT2D eigenvalue weighted by molar-refractivity contribution is 0.276. The number of aliphatic hydroxyl groups excluding tert-OH is 2. The number of aromatic amines is 1. The van der Waals surface area contributed by atoms with Crippen LogP contribution in [0.5, 0.6) is 0 Å². The Labute approximate surface area is 103 Å². The smallest absolute Gasteiger partial charge is 0.277 e. The normalized spacial score (nSPS) is 13.1. The molecule has 2 rings (SSSR count). The van der Waals surface area contributed by atoms with Gasteiger partial charge < -0.3 is 26.2 Å². The van der Waals surface area contributed by atoms with E-state index in [9.17, 15) is 4.79 Å². The number of nitrogens with two attached hydrogens (primary N) is 1. The van der Waals surface area contributed by atoms with Crippen molar-refractivity contribution in [1.29, 1.82) is 0 Å². The lowest BCUT2D eigenvalue weighted by Crippen LogP contribution is -2.24. The summed E-state index contributed by atoms with van der Waals surface area (Å²) in [6.07, 6.45) is 1.69. The highest BCUT2D eigenvalue weighted by atomic mass is 16.3. The van der Waals surface area contributed by atoms with Gasteiger partial charge in [-0.1, -0.05) is 6.08 Å². The third-order valence-electron chi connectivity index (χ3n) is 2.67. The van der Waals surface area contributed by atoms with Gasteiger partial charge in [-0.15, -0.1) is 0 Å². The molecule has 6 N–H and O–H groups in total. The molecule has 0 saturated carbocycles. The van der Waals surface area contributed by atoms with Crippen molar-refractivity contribution in [3.63, 3.8) is 0 Å². The highest BCUT2D eigenvalue weighted by Crippen LogP contribution is 2.25. The van der Waals surface area contributed by atoms with Crippen molar-refractivity contribution >= 4 is 17.5 Å². The molecule has 0 aliphatic carbocycles. The first kappa shape index (κ1) is 12.4. The molecule has 0 radical (unpaired) electrons. The zero-order valence-electron chi connectivity index (χ0n) is 9.68. The molecule has 8 heteroatoms. The first-order chi connectivity index (χ1) is 8.65. The molecule has 0 unspecified atom stereocenters. The Hall–Kier alpha value is -2.06. The minimum Gasteiger partial charge on any atom is -0.392 e. The van der Waals surface area contributed by atoms with Crippen molar-refractivity contribution < 1.29 is 10.2 Å². The lowest BCUT2D eigenvalue weighted by Gasteiger charge is -2.15. The highest BCUT2D eigenvalue weighted by Gasteiger charge is 2.22. The van der Waals surface area contributed by atoms with Gasteiger partial charge in [-0.25, -0.2) is 0 Å². The molecule has 0 spiro atoms. The van der Waals surface area contributed by atoms with Gasteiger partial charge in [0.05, 0.1) is 19.9 Å². The summed E-state index contributed by atoms with van der Waals surface area (Å²) >= 11 is 0. The molecule has 2 heterocycles. The van der Waals surface area contributed by atoms with E-state index in [1.165, 1.54) is 0 Å². The van der Waals surface area contributed by atoms with Gasteiger partial charge in [0.25, 0.3) is 5.56 Å². The average molecular weight is 253 g/mol. The van der Waals surface area contributed by atoms with E-state index >= 15 is 0 Å². The molecule has 0 aromatic carbocycles. The molecule has 0 atom stereocenters. The fourth-order valence-corrected chi connectivity index (χ4v) is 1.69. The Kier molecular flexibility index (Phi) is 3.49. The number of nitrogens with one attached hydrogen (secondary N) is 2. The molecule has 98 valence electrons. The molecular weight excluding hydrogens is 238 g/mol. The van der Waals surface area contributed by atoms with Crippen molar-refractivity contribution in [3.8, 4) is 0 Å². The first-order valence-electron chi connectivity index (χ1n) is 5.44. The molecule has 1 aliphatic heterocycles. The Bertz CT molecular complexity index is 519. The van der Waals surface area contributed by atoms with E-state index in [0.29, 0.717) is 30.3 Å². The maximum atomic E-state index is 11.6. The number of H-pyrrole nitrogens is 1. The maximum absolute atomic E-state index is 11.6. The number of aromatic nitrogens is 2. The minimum atomic E-state index is -0.312. The second-order valence-corrected chi connectivity index (χ2v) is 3.89. The molecular formula is C10H15N5O3. The minimum absolute atomic E-state index is 0.0565. The molecule has 1 aromatic heterocycles. The predicted octanol–water partition coefficient (Wildman–Crippen LogP) is -1.55. The predicted molar refractivity (Wildman–Crippen MR) is 67.4 cm³/mol. The number of nitrogens with zero attached hydrogens (tertiary/aromatic N) is 2. The molecule has 0 fully saturated rings. The van der Waals surface area contributed by atoms with E-state index in [4.69, 9.17) is 15.9 Å². The fraction of sp³-hybridized carbons (Fsp3) is 0.400. The van der Waals surface area contributed by atoms with Crippen LogP contribution in [0.3, 0.4) is 0 Å². The summed E-state index contributed by atoms with van der Waals surface area (Å²) in [7, 11) is 0. The monoisotopic (exact) mass is 253 g/mol. The third-order valence-corrected chi connectivity index (χ3v) is 2.67. The van der Waals surface area contributed by atoms with Gasteiger partial charge in [-0.2, -0.15) is 4.98 Å². The molecule has 8 nitrogen and oxygen atoms in total. The van der Waals surface area contributed by atoms with Crippen molar-refractivity contribution in [2.45, 2.75) is 0 Å². The Morgan fingerprint density at radius 1 is 1.50 bits per heavy atom. The van der Waals surface area contributed by atoms with Crippen LogP contribution in [0.25, 0.3) is 0 Å². The van der Waals surface area contributed by atoms with E-state index in [-0.39, 0.29) is 24.7 Å². The van der Waals surface area contributed by atoms with Gasteiger partial charge in [0, 0.05) is 6.54 Å². The van der Waals surface area contributed by atoms with Gasteiger partial charge in [0.15, 0.2) is 5.82 Å². The van der Waals surface area contributed by atoms with Crippen LogP contribution in [0, 0.1) is 0 Å². The maximum Gasteiger partial charge on any atom is 0.277 e. The molecule has 18 heavy (non-hydrogen) atoms. The van der Waals surface area contributed by atoms with Crippen LogP contribution < -0.4 is 21.5 Å². The van der Waals surface area contributed by atoms with Crippen molar-refractivity contribution in [2.75, 3.05) is 42.4 Å². The molecule has 0 bridgehead atoms. The van der Waals surface area contributed by atoms with Gasteiger partial charge in [0.1, 0.15) is 5.69 Å². The number of rotatable bonds is 4. The van der Waals surface area contributed by atoms with Crippen molar-refractivity contribution in [1.82, 2.24) is 9.97 Å². The van der Waals surface area contributed by atoms with E-state index in [1.54, 1.807) is 11.0 Å². The van der Waals surface area contributed by atoms with Crippen LogP contribution in [0.2, 0.25) is 0 Å². The molecule has 0 saturated heterocycles. The Morgan fingerprint density at radius 2 is 2.22 bits per heavy atom. The summed E-state index contributed by atoms with van der Waals surface area (Å²) in [5, 5.41) is 20.8. The molecule has 1 aromatic rings. The van der Waals surface area contributed by atoms with Crippen LogP contribution in [0.4, 0.5) is 17.5 Å². The number of fused-ring (bicyclic) bond motifs is 1. The van der Waals surface area contributed by atoms with Crippen LogP contribution in [-0.2, 0) is 0 Å². The largest absolute Gasteiger partial charge is 0.392 e. The Morgan fingerprint density at radius 3 is 2.89 bits per heavy atom. The van der Waals surface area contributed by atoms with Crippen LogP contribution in [-0.4, -0.2) is 46.6 Å². The third kappa shape index (κ3) is 2.29. The van der Waals surface area contributed by atoms with Gasteiger partial charge in [0.2, 0.25) is 5.95 Å². The van der Waals surface area contributed by atoms with E-state index < -0.39 is 0 Å². The second-order valence-electron chi connectivity index (χ2n) is 3.89. The lowest BCUT2D eigenvalue weighted by atomic mass is 10.3. The zero-order valence-corrected chi connectivity index (χ0v) is 9.68. The van der Waals surface area contributed by atoms with E-state index in [0.717, 1.165) is 0 Å². The highest BCUT2D eigenvalue weighted by molar-refractivity contribution is 5.70. The van der Waals surface area contributed by atoms with Crippen molar-refractivity contribution in [2.24, 2.45) is 0 Å². The number of hydrogen-bond donors (Lipinski definition) is 5. The van der Waals surface area contributed by atoms with Crippen molar-refractivity contribution in [3.05, 3.63) is 22.0 Å². The first-order valence-corrected chi connectivity index (χ1v) is 5.44. The Balaban J connectivity index is 2.22. The molecule has 0 amide bonds. The fourth-order valence-electron chi connectivity index (χ4n) is 1.69. The SMILES string of the molecule is Nc1nc2c(c(=O)[nH]1)NCN2CC=C(CO)CO. The summed E-state index contributed by atoms with van der Waals surface area (Å²) in [5.74, 6) is 0.531. The van der Waals surface area contributed by atoms with Crippen LogP contribution in [0.15, 0.2) is 16.4 Å². The van der Waals surface area contributed by atoms with E-state index in [1.807, 2.05) is 0 Å². The topological polar surface area (TPSA) is 128 Å². The summed E-state index contributed by atoms with van der Waals surface area (Å²) in [6, 6.07) is 0. The summed E-state index contributed by atoms with van der Waals surface area (Å²) in [4.78, 5) is 19.8. The zero-order chi connectivity index (χ0) is 13.1. The summed E-state index contributed by atoms with van der Waals surface area (Å²) in [6.45, 7) is 0.451. The second kappa shape index (κ2) is 5.07. The standard InChI is InChI=1S/C10H15N5O3/c11-10-13-8-7(9(18)14-10)12-5-15(8)2-1-6(3-16)4-17/h1,12,16-17H,2-5H2,(H3,11,13,14,18). The van der Waals surface area contributed by atoms with Crippen LogP contribution in [0.1, 0.15) is 0 Å². The van der Waals surface area contributed by atoms with E-state index in [2.05, 4.69) is 15.3 Å². The van der Waals surface area contributed by atoms with Gasteiger partial charge >= 0.3 is 0 Å². The number of nitrogen functional groups attached to an aromatic ring is 1. The molecule has 1 aliphatic rings. The van der Waals surface area contributed by atoms with Gasteiger partial charge in [-0.05, 0) is 5.57 Å². The average Bonchev–Trinajstić information content (AvgIpc) is 2.74. The summed E-state index contributed by atoms with van der Waals surface area (Å²) < 4.78 is 0. The van der Waals surface area contributed by atoms with Crippen LogP contribution >= 0.6 is 0 Å². The number of anilines is 3.